The van der Waals surface area contributed by atoms with Crippen molar-refractivity contribution < 1.29 is 76.6 Å². The van der Waals surface area contributed by atoms with Crippen molar-refractivity contribution in [3.8, 4) is 11.5 Å². The molecule has 432 valence electrons. The van der Waals surface area contributed by atoms with Crippen molar-refractivity contribution in [2.45, 2.75) is 198 Å². The lowest BCUT2D eigenvalue weighted by atomic mass is 9.50. The number of carbonyl (C=O) groups excluding carboxylic acids is 8. The van der Waals surface area contributed by atoms with Gasteiger partial charge in [0.25, 0.3) is 11.8 Å². The lowest BCUT2D eigenvalue weighted by Crippen LogP contribution is -2.75. The van der Waals surface area contributed by atoms with Gasteiger partial charge in [-0.3, -0.25) is 33.7 Å². The van der Waals surface area contributed by atoms with Crippen molar-refractivity contribution in [2.75, 3.05) is 13.6 Å². The first-order valence-electron chi connectivity index (χ1n) is 27.8. The van der Waals surface area contributed by atoms with E-state index in [0.717, 1.165) is 18.4 Å². The number of esters is 2. The Kier molecular flexibility index (Phi) is 19.2. The Morgan fingerprint density at radius 3 is 1.69 bits per heavy atom. The highest BCUT2D eigenvalue weighted by Crippen LogP contribution is 2.66. The highest BCUT2D eigenvalue weighted by atomic mass is 16.7. The van der Waals surface area contributed by atoms with Gasteiger partial charge in [0.05, 0.1) is 36.4 Å². The first-order chi connectivity index (χ1) is 37.9. The zero-order chi connectivity index (χ0) is 58.2. The summed E-state index contributed by atoms with van der Waals surface area (Å²) >= 11 is 0. The van der Waals surface area contributed by atoms with E-state index >= 15 is 0 Å². The number of phenolic OH excluding ortho intramolecular Hbond substituents is 1. The van der Waals surface area contributed by atoms with Gasteiger partial charge in [-0.25, -0.2) is 9.59 Å². The molecule has 19 nitrogen and oxygen atoms in total. The van der Waals surface area contributed by atoms with Crippen molar-refractivity contribution in [2.24, 2.45) is 0 Å². The van der Waals surface area contributed by atoms with E-state index in [1.54, 1.807) is 114 Å². The van der Waals surface area contributed by atoms with Gasteiger partial charge in [0.2, 0.25) is 12.2 Å². The standard InChI is InChI=1S/C61H77N3O16/c1-10-12-16-26-42(65)40(62-54(70)50(37-22-18-14-19-23-37)76-56(72)79-58(3,4)5)35-47(68)74-45-30-31-61(46-34-39-28-29-44(67)52-49(39)60(61,53(45)75-52)32-33-64(46)9)78-48(69)36-41(43(66)27-17-13-11-2)63-55(71)51(38-24-20-15-21-25-38)77-57(73)80-59(6,7)8/h14-15,18-25,28-30,40-41,46,50-51,53,67H,10-13,16-17,26-27,31-36H2,1-9H3,(H,62,70)(H,63,71)/t40-,41-,46+,50-,51-,53-,60-,61+/m0/s1. The predicted octanol–water partition coefficient (Wildman–Crippen LogP) is 9.20. The topological polar surface area (TPSA) is 249 Å². The van der Waals surface area contributed by atoms with E-state index in [1.165, 1.54) is 6.07 Å². The molecule has 1 fully saturated rings. The maximum Gasteiger partial charge on any atom is 0.509 e. The van der Waals surface area contributed by atoms with Crippen LogP contribution in [0.3, 0.4) is 0 Å². The van der Waals surface area contributed by atoms with Crippen molar-refractivity contribution in [3.05, 3.63) is 107 Å². The number of carbonyl (C=O) groups is 8. The van der Waals surface area contributed by atoms with E-state index in [0.29, 0.717) is 49.8 Å². The Hall–Kier alpha value is -7.28. The molecule has 7 rings (SSSR count). The van der Waals surface area contributed by atoms with Gasteiger partial charge in [0.15, 0.2) is 29.2 Å². The molecule has 0 unspecified atom stereocenters. The summed E-state index contributed by atoms with van der Waals surface area (Å²) in [6.45, 7) is 14.3. The summed E-state index contributed by atoms with van der Waals surface area (Å²) in [6, 6.07) is 16.3. The van der Waals surface area contributed by atoms with Crippen molar-refractivity contribution in [1.29, 1.82) is 0 Å². The molecule has 3 N–H and O–H groups in total. The molecule has 2 aliphatic heterocycles. The summed E-state index contributed by atoms with van der Waals surface area (Å²) < 4.78 is 41.6. The van der Waals surface area contributed by atoms with Crippen LogP contribution in [0.1, 0.15) is 167 Å². The average molecular weight is 1110 g/mol. The molecule has 1 saturated heterocycles. The second-order valence-corrected chi connectivity index (χ2v) is 23.1. The third kappa shape index (κ3) is 13.8. The molecule has 1 spiro atoms. The molecule has 19 heteroatoms. The first-order valence-corrected chi connectivity index (χ1v) is 27.8. The van der Waals surface area contributed by atoms with E-state index in [4.69, 9.17) is 33.2 Å². The van der Waals surface area contributed by atoms with Crippen LogP contribution in [-0.4, -0.2) is 112 Å². The molecule has 2 amide bonds. The largest absolute Gasteiger partial charge is 0.509 e. The number of benzene rings is 3. The Bertz CT molecular complexity index is 2800. The summed E-state index contributed by atoms with van der Waals surface area (Å²) in [6.07, 6.45) is -1.55. The van der Waals surface area contributed by atoms with Crippen molar-refractivity contribution in [3.63, 3.8) is 0 Å². The van der Waals surface area contributed by atoms with Crippen LogP contribution in [0.15, 0.2) is 84.6 Å². The van der Waals surface area contributed by atoms with Gasteiger partial charge in [0.1, 0.15) is 22.6 Å². The zero-order valence-corrected chi connectivity index (χ0v) is 47.4. The van der Waals surface area contributed by atoms with E-state index in [-0.39, 0.29) is 48.5 Å². The molecular formula is C61H77N3O16. The van der Waals surface area contributed by atoms with Crippen molar-refractivity contribution >= 4 is 47.6 Å². The minimum atomic E-state index is -1.56. The summed E-state index contributed by atoms with van der Waals surface area (Å²) in [4.78, 5) is 114. The number of likely N-dealkylation sites (N-methyl/N-ethyl adjacent to an activating group) is 1. The molecule has 4 aliphatic rings. The third-order valence-corrected chi connectivity index (χ3v) is 14.9. The van der Waals surface area contributed by atoms with Gasteiger partial charge in [-0.2, -0.15) is 0 Å². The number of likely N-dealkylation sites (tertiary alicyclic amines) is 1. The third-order valence-electron chi connectivity index (χ3n) is 14.9. The quantitative estimate of drug-likeness (QED) is 0.0429. The molecule has 0 aromatic heterocycles. The average Bonchev–Trinajstić information content (AvgIpc) is 2.20. The fourth-order valence-corrected chi connectivity index (χ4v) is 11.3. The number of unbranched alkanes of at least 4 members (excludes halogenated alkanes) is 4. The predicted molar refractivity (Wildman–Crippen MR) is 291 cm³/mol. The Morgan fingerprint density at radius 2 is 1.20 bits per heavy atom. The maximum absolute atomic E-state index is 14.9. The number of nitrogens with one attached hydrogen (secondary N) is 2. The number of nitrogens with zero attached hydrogens (tertiary/aromatic N) is 1. The fraction of sp³-hybridized carbons (Fsp3) is 0.541. The molecule has 8 atom stereocenters. The van der Waals surface area contributed by atoms with Crippen LogP contribution in [0.25, 0.3) is 0 Å². The lowest BCUT2D eigenvalue weighted by molar-refractivity contribution is -0.206. The lowest BCUT2D eigenvalue weighted by Gasteiger charge is -2.62. The van der Waals surface area contributed by atoms with Crippen LogP contribution in [0.2, 0.25) is 0 Å². The number of piperidine rings is 1. The van der Waals surface area contributed by atoms with E-state index in [2.05, 4.69) is 15.5 Å². The number of aromatic hydroxyl groups is 1. The number of phenols is 1. The normalized spacial score (nSPS) is 21.3. The van der Waals surface area contributed by atoms with Gasteiger partial charge in [-0.05, 0) is 98.5 Å². The van der Waals surface area contributed by atoms with Gasteiger partial charge in [-0.15, -0.1) is 0 Å². The summed E-state index contributed by atoms with van der Waals surface area (Å²) in [7, 11) is 1.91. The number of amides is 2. The highest BCUT2D eigenvalue weighted by molar-refractivity contribution is 5.95. The van der Waals surface area contributed by atoms with Crippen LogP contribution in [-0.2, 0) is 69.0 Å². The fourth-order valence-electron chi connectivity index (χ4n) is 11.3. The number of ether oxygens (including phenoxy) is 7. The molecular weight excluding hydrogens is 1030 g/mol. The van der Waals surface area contributed by atoms with Crippen LogP contribution in [0, 0.1) is 0 Å². The minimum absolute atomic E-state index is 0.0229. The smallest absolute Gasteiger partial charge is 0.504 e. The van der Waals surface area contributed by atoms with Crippen LogP contribution in [0.5, 0.6) is 11.5 Å². The second kappa shape index (κ2) is 25.4. The number of hydrogen-bond donors (Lipinski definition) is 3. The molecule has 2 bridgehead atoms. The van der Waals surface area contributed by atoms with E-state index in [1.807, 2.05) is 20.9 Å². The number of rotatable bonds is 24. The van der Waals surface area contributed by atoms with Gasteiger partial charge < -0.3 is 48.9 Å². The Balaban J connectivity index is 1.19. The highest BCUT2D eigenvalue weighted by Gasteiger charge is 2.74. The Morgan fingerprint density at radius 1 is 0.700 bits per heavy atom. The second-order valence-electron chi connectivity index (χ2n) is 23.1. The molecule has 3 aromatic rings. The maximum atomic E-state index is 14.9. The minimum Gasteiger partial charge on any atom is -0.504 e. The molecule has 3 aromatic carbocycles. The summed E-state index contributed by atoms with van der Waals surface area (Å²) in [5.74, 6) is -4.42. The van der Waals surface area contributed by atoms with Gasteiger partial charge >= 0.3 is 24.2 Å². The van der Waals surface area contributed by atoms with Gasteiger partial charge in [0, 0.05) is 36.0 Å². The molecule has 0 radical (unpaired) electrons. The molecule has 80 heavy (non-hydrogen) atoms. The Labute approximate surface area is 467 Å². The molecule has 0 saturated carbocycles. The molecule has 2 aliphatic carbocycles. The van der Waals surface area contributed by atoms with E-state index in [9.17, 15) is 43.5 Å². The molecule has 2 heterocycles. The number of hydrogen-bond acceptors (Lipinski definition) is 17. The van der Waals surface area contributed by atoms with Gasteiger partial charge in [-0.1, -0.05) is 106 Å². The van der Waals surface area contributed by atoms with Crippen LogP contribution >= 0.6 is 0 Å². The first kappa shape index (κ1) is 60.4. The SMILES string of the molecule is CCCCCC(=O)[C@H](CC(=O)OC1=CC[C@@]2(OC(=O)C[C@H](NC(=O)[C@@H](OC(=O)OC(C)(C)C)c3ccccc3)C(=O)CCCCC)[C@H]3Cc4ccc(O)c5c4[C@@]2(CCN3C)[C@H]1O5)NC(=O)[C@@H](OC(=O)OC(C)(C)C)c1ccccc1. The zero-order valence-electron chi connectivity index (χ0n) is 47.4. The van der Waals surface area contributed by atoms with Crippen LogP contribution < -0.4 is 15.4 Å². The van der Waals surface area contributed by atoms with Crippen LogP contribution in [0.4, 0.5) is 9.59 Å². The van der Waals surface area contributed by atoms with Crippen molar-refractivity contribution in [1.82, 2.24) is 15.5 Å². The summed E-state index contributed by atoms with van der Waals surface area (Å²) in [5, 5.41) is 16.9. The summed E-state index contributed by atoms with van der Waals surface area (Å²) in [5.41, 5.74) is -2.69. The van der Waals surface area contributed by atoms with E-state index < -0.39 is 119 Å². The number of Topliss-reactive ketones (excluding diaryl/α,β-unsaturated/α-hetero) is 2. The number of ketones is 2. The monoisotopic (exact) mass is 1110 g/mol.